The number of ether oxygens (including phenoxy) is 2. The van der Waals surface area contributed by atoms with Crippen molar-refractivity contribution in [1.29, 1.82) is 0 Å². The Morgan fingerprint density at radius 2 is 1.83 bits per heavy atom. The molecule has 1 aliphatic rings. The quantitative estimate of drug-likeness (QED) is 0.426. The van der Waals surface area contributed by atoms with Gasteiger partial charge in [0.15, 0.2) is 17.3 Å². The first-order valence-corrected chi connectivity index (χ1v) is 11.8. The Morgan fingerprint density at radius 1 is 1.08 bits per heavy atom. The highest BCUT2D eigenvalue weighted by molar-refractivity contribution is 6.00. The Morgan fingerprint density at radius 3 is 2.61 bits per heavy atom. The van der Waals surface area contributed by atoms with Gasteiger partial charge >= 0.3 is 6.03 Å². The standard InChI is InChI=1S/C26H29N7O3/c1-32-11-8-18(9-12-32)28-26(34)31-25-19-14-22(35-2)23(36-3)15-20(19)29-24(30-25)10-13-33-21-7-5-4-6-17(21)16-27-33/h4-7,10,13-16,18H,8-9,11-12H2,1-3H3,(H2,28,29,30,31,34)/b13-10+. The number of aromatic nitrogens is 4. The number of likely N-dealkylation sites (tertiary alicyclic amines) is 1. The summed E-state index contributed by atoms with van der Waals surface area (Å²) in [6.45, 7) is 1.91. The number of fused-ring (bicyclic) bond motifs is 2. The zero-order valence-corrected chi connectivity index (χ0v) is 20.6. The van der Waals surface area contributed by atoms with Crippen LogP contribution in [-0.4, -0.2) is 71.1 Å². The topological polar surface area (TPSA) is 106 Å². The number of nitrogens with zero attached hydrogens (tertiary/aromatic N) is 5. The van der Waals surface area contributed by atoms with E-state index in [4.69, 9.17) is 9.47 Å². The van der Waals surface area contributed by atoms with Gasteiger partial charge in [0.2, 0.25) is 0 Å². The second-order valence-electron chi connectivity index (χ2n) is 8.79. The maximum Gasteiger partial charge on any atom is 0.320 e. The van der Waals surface area contributed by atoms with Crippen molar-refractivity contribution in [3.05, 3.63) is 48.4 Å². The fourth-order valence-electron chi connectivity index (χ4n) is 4.37. The van der Waals surface area contributed by atoms with Crippen molar-refractivity contribution in [2.45, 2.75) is 18.9 Å². The van der Waals surface area contributed by atoms with Crippen LogP contribution >= 0.6 is 0 Å². The Kier molecular flexibility index (Phi) is 6.68. The second-order valence-corrected chi connectivity index (χ2v) is 8.79. The van der Waals surface area contributed by atoms with Crippen LogP contribution in [0.3, 0.4) is 0 Å². The molecule has 10 heteroatoms. The molecule has 4 aromatic rings. The highest BCUT2D eigenvalue weighted by atomic mass is 16.5. The van der Waals surface area contributed by atoms with Gasteiger partial charge in [-0.2, -0.15) is 5.10 Å². The van der Waals surface area contributed by atoms with Crippen molar-refractivity contribution in [2.24, 2.45) is 0 Å². The minimum atomic E-state index is -0.299. The van der Waals surface area contributed by atoms with Crippen molar-refractivity contribution >= 4 is 45.9 Å². The lowest BCUT2D eigenvalue weighted by Gasteiger charge is -2.29. The number of carbonyl (C=O) groups is 1. The van der Waals surface area contributed by atoms with Crippen molar-refractivity contribution in [3.8, 4) is 11.5 Å². The Hall–Kier alpha value is -4.18. The molecule has 0 saturated carbocycles. The average Bonchev–Trinajstić information content (AvgIpc) is 3.31. The maximum absolute atomic E-state index is 12.9. The van der Waals surface area contributed by atoms with Crippen LogP contribution in [0.4, 0.5) is 10.6 Å². The summed E-state index contributed by atoms with van der Waals surface area (Å²) in [6, 6.07) is 11.3. The molecule has 1 saturated heterocycles. The molecule has 0 atom stereocenters. The SMILES string of the molecule is COc1cc2nc(/C=C/n3ncc4ccccc43)nc(NC(=O)NC3CCN(C)CC3)c2cc1OC. The number of para-hydroxylation sites is 1. The Labute approximate surface area is 208 Å². The molecule has 186 valence electrons. The average molecular weight is 488 g/mol. The van der Waals surface area contributed by atoms with E-state index in [2.05, 4.69) is 37.6 Å². The van der Waals surface area contributed by atoms with Crippen LogP contribution in [0.15, 0.2) is 42.6 Å². The predicted octanol–water partition coefficient (Wildman–Crippen LogP) is 3.84. The van der Waals surface area contributed by atoms with Crippen molar-refractivity contribution in [1.82, 2.24) is 30.0 Å². The smallest absolute Gasteiger partial charge is 0.320 e. The van der Waals surface area contributed by atoms with Gasteiger partial charge in [-0.1, -0.05) is 18.2 Å². The third-order valence-electron chi connectivity index (χ3n) is 6.37. The van der Waals surface area contributed by atoms with Crippen molar-refractivity contribution in [3.63, 3.8) is 0 Å². The number of anilines is 1. The number of rotatable bonds is 6. The number of methoxy groups -OCH3 is 2. The van der Waals surface area contributed by atoms with E-state index in [9.17, 15) is 4.79 Å². The fraction of sp³-hybridized carbons (Fsp3) is 0.308. The molecule has 10 nitrogen and oxygen atoms in total. The van der Waals surface area contributed by atoms with E-state index in [0.717, 1.165) is 36.8 Å². The molecule has 1 fully saturated rings. The zero-order chi connectivity index (χ0) is 25.1. The molecule has 0 spiro atoms. The van der Waals surface area contributed by atoms with Crippen LogP contribution in [0, 0.1) is 0 Å². The molecule has 2 aromatic heterocycles. The van der Waals surface area contributed by atoms with Gasteiger partial charge in [-0.05, 0) is 45.1 Å². The highest BCUT2D eigenvalue weighted by Crippen LogP contribution is 2.34. The summed E-state index contributed by atoms with van der Waals surface area (Å²) in [5.74, 6) is 1.87. The summed E-state index contributed by atoms with van der Waals surface area (Å²) in [5.41, 5.74) is 1.58. The lowest BCUT2D eigenvalue weighted by atomic mass is 10.1. The van der Waals surface area contributed by atoms with Gasteiger partial charge in [-0.3, -0.25) is 5.32 Å². The molecule has 0 aliphatic carbocycles. The summed E-state index contributed by atoms with van der Waals surface area (Å²) in [7, 11) is 5.23. The number of hydrogen-bond donors (Lipinski definition) is 2. The number of benzene rings is 2. The number of urea groups is 1. The lowest BCUT2D eigenvalue weighted by Crippen LogP contribution is -2.45. The minimum absolute atomic E-state index is 0.122. The van der Waals surface area contributed by atoms with E-state index in [-0.39, 0.29) is 12.1 Å². The summed E-state index contributed by atoms with van der Waals surface area (Å²) in [5, 5.41) is 12.1. The molecule has 2 amide bonds. The summed E-state index contributed by atoms with van der Waals surface area (Å²) in [6.07, 6.45) is 7.18. The van der Waals surface area contributed by atoms with Gasteiger partial charge in [0, 0.05) is 35.2 Å². The van der Waals surface area contributed by atoms with Gasteiger partial charge in [0.1, 0.15) is 5.82 Å². The summed E-state index contributed by atoms with van der Waals surface area (Å²) < 4.78 is 12.7. The van der Waals surface area contributed by atoms with E-state index in [1.807, 2.05) is 24.3 Å². The van der Waals surface area contributed by atoms with E-state index < -0.39 is 0 Å². The zero-order valence-electron chi connectivity index (χ0n) is 20.6. The molecular formula is C26H29N7O3. The molecule has 0 bridgehead atoms. The number of amides is 2. The van der Waals surface area contributed by atoms with Gasteiger partial charge in [0.25, 0.3) is 0 Å². The van der Waals surface area contributed by atoms with Crippen molar-refractivity contribution < 1.29 is 14.3 Å². The number of nitrogens with one attached hydrogen (secondary N) is 2. The first-order chi connectivity index (χ1) is 17.5. The molecular weight excluding hydrogens is 458 g/mol. The number of carbonyl (C=O) groups excluding carboxylic acids is 1. The molecule has 5 rings (SSSR count). The first-order valence-electron chi connectivity index (χ1n) is 11.8. The molecule has 0 radical (unpaired) electrons. The first kappa shape index (κ1) is 23.6. The van der Waals surface area contributed by atoms with Crippen LogP contribution in [0.2, 0.25) is 0 Å². The van der Waals surface area contributed by atoms with E-state index in [0.29, 0.717) is 34.0 Å². The second kappa shape index (κ2) is 10.2. The van der Waals surface area contributed by atoms with Gasteiger partial charge in [0.05, 0.1) is 31.4 Å². The maximum atomic E-state index is 12.9. The largest absolute Gasteiger partial charge is 0.493 e. The molecule has 2 N–H and O–H groups in total. The van der Waals surface area contributed by atoms with Crippen LogP contribution in [0.25, 0.3) is 34.1 Å². The number of piperidine rings is 1. The van der Waals surface area contributed by atoms with Gasteiger partial charge in [-0.25, -0.2) is 19.4 Å². The molecule has 36 heavy (non-hydrogen) atoms. The van der Waals surface area contributed by atoms with E-state index in [1.54, 1.807) is 49.5 Å². The Balaban J connectivity index is 1.48. The van der Waals surface area contributed by atoms with Gasteiger partial charge in [-0.15, -0.1) is 0 Å². The Bertz CT molecular complexity index is 1420. The predicted molar refractivity (Wildman–Crippen MR) is 140 cm³/mol. The van der Waals surface area contributed by atoms with Gasteiger partial charge < -0.3 is 19.7 Å². The minimum Gasteiger partial charge on any atom is -0.493 e. The number of hydrogen-bond acceptors (Lipinski definition) is 7. The molecule has 2 aromatic carbocycles. The molecule has 0 unspecified atom stereocenters. The third-order valence-corrected chi connectivity index (χ3v) is 6.37. The van der Waals surface area contributed by atoms with E-state index >= 15 is 0 Å². The molecule has 3 heterocycles. The van der Waals surface area contributed by atoms with E-state index in [1.165, 1.54) is 0 Å². The highest BCUT2D eigenvalue weighted by Gasteiger charge is 2.20. The fourth-order valence-corrected chi connectivity index (χ4v) is 4.37. The molecule has 1 aliphatic heterocycles. The van der Waals surface area contributed by atoms with Crippen LogP contribution in [-0.2, 0) is 0 Å². The monoisotopic (exact) mass is 487 g/mol. The normalized spacial score (nSPS) is 15.0. The van der Waals surface area contributed by atoms with Crippen LogP contribution in [0.1, 0.15) is 18.7 Å². The lowest BCUT2D eigenvalue weighted by molar-refractivity contribution is 0.221. The summed E-state index contributed by atoms with van der Waals surface area (Å²) >= 11 is 0. The van der Waals surface area contributed by atoms with Crippen LogP contribution < -0.4 is 20.1 Å². The summed E-state index contributed by atoms with van der Waals surface area (Å²) in [4.78, 5) is 24.5. The van der Waals surface area contributed by atoms with Crippen LogP contribution in [0.5, 0.6) is 11.5 Å². The third kappa shape index (κ3) is 4.94. The van der Waals surface area contributed by atoms with Crippen molar-refractivity contribution in [2.75, 3.05) is 39.7 Å².